The number of hydrogen-bond acceptors (Lipinski definition) is 2. The summed E-state index contributed by atoms with van der Waals surface area (Å²) < 4.78 is 5.12. The standard InChI is InChI=1S/C11H6O2/c12-11-9-6-5-7(9)8-3-1-2-4-10(8)13-11/h1-6H. The van der Waals surface area contributed by atoms with Crippen LogP contribution >= 0.6 is 0 Å². The quantitative estimate of drug-likeness (QED) is 0.484. The first-order valence-electron chi connectivity index (χ1n) is 4.10. The van der Waals surface area contributed by atoms with E-state index < -0.39 is 0 Å². The minimum Gasteiger partial charge on any atom is -0.422 e. The van der Waals surface area contributed by atoms with Crippen molar-refractivity contribution in [2.45, 2.75) is 0 Å². The highest BCUT2D eigenvalue weighted by molar-refractivity contribution is 5.99. The van der Waals surface area contributed by atoms with Crippen LogP contribution in [0.4, 0.5) is 0 Å². The molecule has 0 unspecified atom stereocenters. The van der Waals surface area contributed by atoms with Gasteiger partial charge in [-0.2, -0.15) is 0 Å². The van der Waals surface area contributed by atoms with E-state index in [0.29, 0.717) is 11.1 Å². The molecule has 0 amide bonds. The third-order valence-electron chi connectivity index (χ3n) is 2.31. The molecule has 3 rings (SSSR count). The maximum absolute atomic E-state index is 11.3. The molecule has 0 saturated heterocycles. The van der Waals surface area contributed by atoms with E-state index in [4.69, 9.17) is 4.42 Å². The van der Waals surface area contributed by atoms with Gasteiger partial charge in [0.05, 0.1) is 5.56 Å². The Bertz CT molecular complexity index is 576. The molecule has 62 valence electrons. The average Bonchev–Trinajstić information content (AvgIpc) is 2.04. The molecule has 0 atom stereocenters. The zero-order valence-corrected chi connectivity index (χ0v) is 6.78. The van der Waals surface area contributed by atoms with Crippen molar-refractivity contribution >= 4 is 23.1 Å². The van der Waals surface area contributed by atoms with Gasteiger partial charge in [0, 0.05) is 5.39 Å². The Hall–Kier alpha value is -1.83. The minimum atomic E-state index is -0.240. The van der Waals surface area contributed by atoms with Crippen molar-refractivity contribution in [3.8, 4) is 0 Å². The fraction of sp³-hybridized carbons (Fsp3) is 0. The summed E-state index contributed by atoms with van der Waals surface area (Å²) in [7, 11) is 0. The van der Waals surface area contributed by atoms with Crippen LogP contribution in [0.15, 0.2) is 33.5 Å². The molecule has 0 bridgehead atoms. The Labute approximate surface area is 74.1 Å². The van der Waals surface area contributed by atoms with E-state index in [1.165, 1.54) is 0 Å². The van der Waals surface area contributed by atoms with Gasteiger partial charge in [-0.1, -0.05) is 24.3 Å². The molecule has 1 aliphatic carbocycles. The Morgan fingerprint density at radius 2 is 1.77 bits per heavy atom. The average molecular weight is 170 g/mol. The van der Waals surface area contributed by atoms with Crippen LogP contribution in [-0.4, -0.2) is 0 Å². The molecule has 0 spiro atoms. The maximum atomic E-state index is 11.3. The first-order chi connectivity index (χ1) is 6.36. The fourth-order valence-corrected chi connectivity index (χ4v) is 1.60. The van der Waals surface area contributed by atoms with Gasteiger partial charge in [0.15, 0.2) is 0 Å². The topological polar surface area (TPSA) is 30.2 Å². The summed E-state index contributed by atoms with van der Waals surface area (Å²) in [6.45, 7) is 0. The van der Waals surface area contributed by atoms with Gasteiger partial charge in [-0.25, -0.2) is 4.79 Å². The second-order valence-electron chi connectivity index (χ2n) is 3.05. The van der Waals surface area contributed by atoms with Crippen molar-refractivity contribution in [3.05, 3.63) is 45.8 Å². The molecule has 0 fully saturated rings. The molecule has 0 N–H and O–H groups in total. The van der Waals surface area contributed by atoms with Crippen LogP contribution in [0.1, 0.15) is 11.1 Å². The highest BCUT2D eigenvalue weighted by atomic mass is 16.4. The monoisotopic (exact) mass is 170 g/mol. The van der Waals surface area contributed by atoms with E-state index in [0.717, 1.165) is 10.9 Å². The lowest BCUT2D eigenvalue weighted by Crippen LogP contribution is -2.09. The summed E-state index contributed by atoms with van der Waals surface area (Å²) in [5.41, 5.74) is 2.12. The normalized spacial score (nSPS) is 12.6. The molecule has 0 saturated carbocycles. The summed E-state index contributed by atoms with van der Waals surface area (Å²) in [5.74, 6) is 0. The van der Waals surface area contributed by atoms with Gasteiger partial charge in [-0.3, -0.25) is 0 Å². The van der Waals surface area contributed by atoms with Crippen LogP contribution in [0.2, 0.25) is 0 Å². The highest BCUT2D eigenvalue weighted by Gasteiger charge is 2.14. The summed E-state index contributed by atoms with van der Waals surface area (Å²) in [6, 6.07) is 7.57. The lowest BCUT2D eigenvalue weighted by Gasteiger charge is -2.10. The lowest BCUT2D eigenvalue weighted by molar-refractivity contribution is 0.558. The Kier molecular flexibility index (Phi) is 1.08. The summed E-state index contributed by atoms with van der Waals surface area (Å²) >= 11 is 0. The number of rotatable bonds is 0. The Balaban J connectivity index is 2.60. The fourth-order valence-electron chi connectivity index (χ4n) is 1.60. The van der Waals surface area contributed by atoms with E-state index >= 15 is 0 Å². The second kappa shape index (κ2) is 2.10. The van der Waals surface area contributed by atoms with Crippen LogP contribution < -0.4 is 5.63 Å². The summed E-state index contributed by atoms with van der Waals surface area (Å²) in [6.07, 6.45) is 3.72. The van der Waals surface area contributed by atoms with Crippen molar-refractivity contribution < 1.29 is 4.42 Å². The Morgan fingerprint density at radius 1 is 1.00 bits per heavy atom. The molecule has 0 aliphatic heterocycles. The maximum Gasteiger partial charge on any atom is 0.344 e. The van der Waals surface area contributed by atoms with Crippen molar-refractivity contribution in [2.24, 2.45) is 0 Å². The predicted molar refractivity (Wildman–Crippen MR) is 51.4 cm³/mol. The number of benzene rings is 1. The highest BCUT2D eigenvalue weighted by Crippen LogP contribution is 2.28. The smallest absolute Gasteiger partial charge is 0.344 e. The molecule has 0 radical (unpaired) electrons. The molecule has 2 aromatic rings. The minimum absolute atomic E-state index is 0.240. The number of para-hydroxylation sites is 1. The van der Waals surface area contributed by atoms with Gasteiger partial charge in [0.25, 0.3) is 0 Å². The molecule has 13 heavy (non-hydrogen) atoms. The first-order valence-corrected chi connectivity index (χ1v) is 4.10. The van der Waals surface area contributed by atoms with Crippen LogP contribution in [0.3, 0.4) is 0 Å². The molecule has 1 aromatic carbocycles. The van der Waals surface area contributed by atoms with Gasteiger partial charge >= 0.3 is 5.63 Å². The molecular weight excluding hydrogens is 164 g/mol. The largest absolute Gasteiger partial charge is 0.422 e. The molecule has 1 aliphatic rings. The van der Waals surface area contributed by atoms with Crippen LogP contribution in [0.25, 0.3) is 23.1 Å². The van der Waals surface area contributed by atoms with Crippen molar-refractivity contribution in [1.29, 1.82) is 0 Å². The lowest BCUT2D eigenvalue weighted by atomic mass is 9.96. The number of hydrogen-bond donors (Lipinski definition) is 0. The first kappa shape index (κ1) is 6.66. The molecule has 2 heteroatoms. The number of fused-ring (bicyclic) bond motifs is 3. The SMILES string of the molecule is O=c1oc2ccccc2c2c1C=C2. The van der Waals surface area contributed by atoms with Crippen LogP contribution in [-0.2, 0) is 0 Å². The van der Waals surface area contributed by atoms with E-state index in [1.54, 1.807) is 6.08 Å². The van der Waals surface area contributed by atoms with Crippen LogP contribution in [0, 0.1) is 0 Å². The zero-order valence-electron chi connectivity index (χ0n) is 6.78. The summed E-state index contributed by atoms with van der Waals surface area (Å²) in [4.78, 5) is 11.3. The van der Waals surface area contributed by atoms with Crippen molar-refractivity contribution in [2.75, 3.05) is 0 Å². The zero-order chi connectivity index (χ0) is 8.84. The van der Waals surface area contributed by atoms with Gasteiger partial charge in [-0.15, -0.1) is 0 Å². The molecule has 1 heterocycles. The summed E-state index contributed by atoms with van der Waals surface area (Å²) in [5, 5.41) is 1.01. The van der Waals surface area contributed by atoms with Gasteiger partial charge in [0.2, 0.25) is 0 Å². The van der Waals surface area contributed by atoms with Gasteiger partial charge in [0.1, 0.15) is 5.58 Å². The van der Waals surface area contributed by atoms with E-state index in [-0.39, 0.29) is 5.63 Å². The third kappa shape index (κ3) is 0.746. The van der Waals surface area contributed by atoms with E-state index in [1.807, 2.05) is 30.3 Å². The molecule has 1 aromatic heterocycles. The van der Waals surface area contributed by atoms with Crippen molar-refractivity contribution in [1.82, 2.24) is 0 Å². The predicted octanol–water partition coefficient (Wildman–Crippen LogP) is 2.28. The van der Waals surface area contributed by atoms with Crippen LogP contribution in [0.5, 0.6) is 0 Å². The second-order valence-corrected chi connectivity index (χ2v) is 3.05. The van der Waals surface area contributed by atoms with Crippen molar-refractivity contribution in [3.63, 3.8) is 0 Å². The van der Waals surface area contributed by atoms with E-state index in [2.05, 4.69) is 0 Å². The molecular formula is C11H6O2. The third-order valence-corrected chi connectivity index (χ3v) is 2.31. The van der Waals surface area contributed by atoms with E-state index in [9.17, 15) is 4.79 Å². The van der Waals surface area contributed by atoms with Gasteiger partial charge in [-0.05, 0) is 17.7 Å². The molecule has 2 nitrogen and oxygen atoms in total. The van der Waals surface area contributed by atoms with Gasteiger partial charge < -0.3 is 4.42 Å². The Morgan fingerprint density at radius 3 is 2.54 bits per heavy atom.